The van der Waals surface area contributed by atoms with Crippen molar-refractivity contribution in [3.63, 3.8) is 0 Å². The predicted molar refractivity (Wildman–Crippen MR) is 87.8 cm³/mol. The molecule has 0 aromatic heterocycles. The van der Waals surface area contributed by atoms with Gasteiger partial charge in [0, 0.05) is 28.2 Å². The lowest BCUT2D eigenvalue weighted by Crippen LogP contribution is -2.37. The Hall–Kier alpha value is 0.120. The zero-order valence-electron chi connectivity index (χ0n) is 11.0. The van der Waals surface area contributed by atoms with Crippen molar-refractivity contribution in [2.24, 2.45) is 0 Å². The lowest BCUT2D eigenvalue weighted by Gasteiger charge is -2.26. The Bertz CT molecular complexity index is 397. The molecule has 1 heterocycles. The van der Waals surface area contributed by atoms with Crippen LogP contribution in [-0.2, 0) is 11.3 Å². The number of hydrogen-bond acceptors (Lipinski definition) is 3. The van der Waals surface area contributed by atoms with Gasteiger partial charge in [0.15, 0.2) is 0 Å². The number of hydrogen-bond donors (Lipinski definition) is 1. The molecule has 0 radical (unpaired) electrons. The number of morpholine rings is 1. The molecule has 19 heavy (non-hydrogen) atoms. The van der Waals surface area contributed by atoms with Gasteiger partial charge in [-0.3, -0.25) is 4.90 Å². The monoisotopic (exact) mass is 394 g/mol. The molecule has 106 valence electrons. The topological polar surface area (TPSA) is 24.5 Å². The number of rotatable bonds is 6. The summed E-state index contributed by atoms with van der Waals surface area (Å²) in [6.45, 7) is 7.01. The van der Waals surface area contributed by atoms with Gasteiger partial charge in [-0.1, -0.05) is 11.6 Å². The maximum absolute atomic E-state index is 6.01. The molecule has 5 heteroatoms. The maximum atomic E-state index is 6.01. The summed E-state index contributed by atoms with van der Waals surface area (Å²) in [5.41, 5.74) is 1.28. The van der Waals surface area contributed by atoms with E-state index in [1.807, 2.05) is 12.1 Å². The minimum Gasteiger partial charge on any atom is -0.379 e. The van der Waals surface area contributed by atoms with Gasteiger partial charge < -0.3 is 10.1 Å². The van der Waals surface area contributed by atoms with Crippen LogP contribution in [0.2, 0.25) is 5.02 Å². The molecule has 0 atom stereocenters. The Balaban J connectivity index is 1.62. The van der Waals surface area contributed by atoms with E-state index in [9.17, 15) is 0 Å². The first-order valence-electron chi connectivity index (χ1n) is 6.70. The van der Waals surface area contributed by atoms with Crippen LogP contribution in [0.15, 0.2) is 18.2 Å². The summed E-state index contributed by atoms with van der Waals surface area (Å²) in [5.74, 6) is 0. The van der Waals surface area contributed by atoms with Gasteiger partial charge in [-0.2, -0.15) is 0 Å². The van der Waals surface area contributed by atoms with Crippen molar-refractivity contribution in [3.05, 3.63) is 32.4 Å². The van der Waals surface area contributed by atoms with Crippen molar-refractivity contribution < 1.29 is 4.74 Å². The minimum absolute atomic E-state index is 0.811. The van der Waals surface area contributed by atoms with Crippen molar-refractivity contribution in [3.8, 4) is 0 Å². The molecule has 0 spiro atoms. The van der Waals surface area contributed by atoms with E-state index in [-0.39, 0.29) is 0 Å². The molecule has 0 saturated carbocycles. The molecule has 0 unspecified atom stereocenters. The Kier molecular flexibility index (Phi) is 6.87. The van der Waals surface area contributed by atoms with Crippen LogP contribution in [0.1, 0.15) is 12.0 Å². The average molecular weight is 395 g/mol. The van der Waals surface area contributed by atoms with Crippen LogP contribution < -0.4 is 5.32 Å². The van der Waals surface area contributed by atoms with Crippen molar-refractivity contribution in [2.45, 2.75) is 13.0 Å². The molecular formula is C14H20ClIN2O. The number of halogens is 2. The number of nitrogens with zero attached hydrogens (tertiary/aromatic N) is 1. The zero-order valence-corrected chi connectivity index (χ0v) is 13.9. The highest BCUT2D eigenvalue weighted by Crippen LogP contribution is 2.17. The molecule has 0 bridgehead atoms. The van der Waals surface area contributed by atoms with Crippen LogP contribution in [0.25, 0.3) is 0 Å². The molecular weight excluding hydrogens is 375 g/mol. The van der Waals surface area contributed by atoms with E-state index in [1.54, 1.807) is 0 Å². The van der Waals surface area contributed by atoms with E-state index in [2.05, 4.69) is 38.9 Å². The van der Waals surface area contributed by atoms with Gasteiger partial charge in [-0.05, 0) is 65.9 Å². The summed E-state index contributed by atoms with van der Waals surface area (Å²) < 4.78 is 6.61. The predicted octanol–water partition coefficient (Wildman–Crippen LogP) is 2.76. The molecule has 1 aromatic rings. The third kappa shape index (κ3) is 5.55. The zero-order chi connectivity index (χ0) is 13.5. The smallest absolute Gasteiger partial charge is 0.0594 e. The highest BCUT2D eigenvalue weighted by molar-refractivity contribution is 14.1. The molecule has 1 N–H and O–H groups in total. The fourth-order valence-electron chi connectivity index (χ4n) is 2.15. The number of ether oxygens (including phenoxy) is 1. The Morgan fingerprint density at radius 2 is 2.11 bits per heavy atom. The summed E-state index contributed by atoms with van der Waals surface area (Å²) in [7, 11) is 0. The molecule has 0 amide bonds. The molecule has 1 saturated heterocycles. The highest BCUT2D eigenvalue weighted by atomic mass is 127. The Morgan fingerprint density at radius 1 is 1.32 bits per heavy atom. The quantitative estimate of drug-likeness (QED) is 0.593. The summed E-state index contributed by atoms with van der Waals surface area (Å²) in [5, 5.41) is 4.30. The van der Waals surface area contributed by atoms with Gasteiger partial charge in [0.2, 0.25) is 0 Å². The fraction of sp³-hybridized carbons (Fsp3) is 0.571. The van der Waals surface area contributed by atoms with Crippen molar-refractivity contribution in [2.75, 3.05) is 39.4 Å². The average Bonchev–Trinajstić information content (AvgIpc) is 2.43. The van der Waals surface area contributed by atoms with E-state index in [1.165, 1.54) is 15.6 Å². The Morgan fingerprint density at radius 3 is 2.89 bits per heavy atom. The van der Waals surface area contributed by atoms with Gasteiger partial charge in [0.25, 0.3) is 0 Å². The summed E-state index contributed by atoms with van der Waals surface area (Å²) in [4.78, 5) is 2.47. The first-order valence-corrected chi connectivity index (χ1v) is 8.16. The van der Waals surface area contributed by atoms with E-state index >= 15 is 0 Å². The number of benzene rings is 1. The van der Waals surface area contributed by atoms with E-state index in [0.717, 1.165) is 51.0 Å². The van der Waals surface area contributed by atoms with Crippen LogP contribution in [0.4, 0.5) is 0 Å². The second kappa shape index (κ2) is 8.42. The van der Waals surface area contributed by atoms with E-state index in [4.69, 9.17) is 16.3 Å². The lowest BCUT2D eigenvalue weighted by atomic mass is 10.2. The minimum atomic E-state index is 0.811. The maximum Gasteiger partial charge on any atom is 0.0594 e. The van der Waals surface area contributed by atoms with Crippen LogP contribution in [0, 0.1) is 3.57 Å². The Labute approximate surface area is 133 Å². The third-order valence-electron chi connectivity index (χ3n) is 3.25. The second-order valence-electron chi connectivity index (χ2n) is 4.72. The summed E-state index contributed by atoms with van der Waals surface area (Å²) in [6, 6.07) is 6.04. The SMILES string of the molecule is Clc1ccc(I)c(CNCCCN2CCOCC2)c1. The lowest BCUT2D eigenvalue weighted by molar-refractivity contribution is 0.0374. The second-order valence-corrected chi connectivity index (χ2v) is 6.32. The highest BCUT2D eigenvalue weighted by Gasteiger charge is 2.09. The van der Waals surface area contributed by atoms with Crippen LogP contribution in [-0.4, -0.2) is 44.3 Å². The number of nitrogens with one attached hydrogen (secondary N) is 1. The van der Waals surface area contributed by atoms with Crippen LogP contribution in [0.5, 0.6) is 0 Å². The molecule has 3 nitrogen and oxygen atoms in total. The first kappa shape index (κ1) is 15.5. The normalized spacial score (nSPS) is 16.7. The van der Waals surface area contributed by atoms with Gasteiger partial charge in [-0.15, -0.1) is 0 Å². The largest absolute Gasteiger partial charge is 0.379 e. The standard InChI is InChI=1S/C14H20ClIN2O/c15-13-2-3-14(16)12(10-13)11-17-4-1-5-18-6-8-19-9-7-18/h2-3,10,17H,1,4-9,11H2. The molecule has 2 rings (SSSR count). The molecule has 0 aliphatic carbocycles. The molecule has 1 aromatic carbocycles. The fourth-order valence-corrected chi connectivity index (χ4v) is 2.88. The van der Waals surface area contributed by atoms with Crippen molar-refractivity contribution in [1.82, 2.24) is 10.2 Å². The van der Waals surface area contributed by atoms with Crippen LogP contribution in [0.3, 0.4) is 0 Å². The van der Waals surface area contributed by atoms with E-state index < -0.39 is 0 Å². The molecule has 1 fully saturated rings. The van der Waals surface area contributed by atoms with Gasteiger partial charge in [0.1, 0.15) is 0 Å². The molecule has 1 aliphatic heterocycles. The third-order valence-corrected chi connectivity index (χ3v) is 4.54. The van der Waals surface area contributed by atoms with Gasteiger partial charge >= 0.3 is 0 Å². The molecule has 1 aliphatic rings. The van der Waals surface area contributed by atoms with Crippen LogP contribution >= 0.6 is 34.2 Å². The summed E-state index contributed by atoms with van der Waals surface area (Å²) in [6.07, 6.45) is 1.18. The van der Waals surface area contributed by atoms with Gasteiger partial charge in [-0.25, -0.2) is 0 Å². The van der Waals surface area contributed by atoms with Crippen molar-refractivity contribution in [1.29, 1.82) is 0 Å². The summed E-state index contributed by atoms with van der Waals surface area (Å²) >= 11 is 8.36. The van der Waals surface area contributed by atoms with E-state index in [0.29, 0.717) is 0 Å². The van der Waals surface area contributed by atoms with Gasteiger partial charge in [0.05, 0.1) is 13.2 Å². The van der Waals surface area contributed by atoms with Crippen molar-refractivity contribution >= 4 is 34.2 Å². The first-order chi connectivity index (χ1) is 9.25.